The quantitative estimate of drug-likeness (QED) is 0.0308. The van der Waals surface area contributed by atoms with Crippen LogP contribution >= 0.6 is 0 Å². The molecule has 0 saturated carbocycles. The van der Waals surface area contributed by atoms with E-state index in [1.54, 1.807) is 33.9 Å². The Balaban J connectivity index is 2.23. The monoisotopic (exact) mass is 1610 g/mol. The summed E-state index contributed by atoms with van der Waals surface area (Å²) in [7, 11) is 0. The Morgan fingerprint density at radius 1 is 0.360 bits per heavy atom. The number of aromatic amines is 1. The average Bonchev–Trinajstić information content (AvgIpc) is 1.46. The van der Waals surface area contributed by atoms with Crippen LogP contribution in [-0.4, -0.2) is 205 Å². The van der Waals surface area contributed by atoms with Gasteiger partial charge in [-0.2, -0.15) is 0 Å². The fourth-order valence-corrected chi connectivity index (χ4v) is 11.2. The first kappa shape index (κ1) is 99.0. The first-order chi connectivity index (χ1) is 52.3. The van der Waals surface area contributed by atoms with Gasteiger partial charge >= 0.3 is 0 Å². The number of para-hydroxylation sites is 1. The molecule has 0 spiro atoms. The number of rotatable bonds is 47. The molecule has 0 bridgehead atoms. The second kappa shape index (κ2) is 42.7. The molecule has 0 aliphatic rings. The summed E-state index contributed by atoms with van der Waals surface area (Å²) in [6.45, 7) is 29.9. The van der Waals surface area contributed by atoms with E-state index >= 15 is 0 Å². The highest BCUT2D eigenvalue weighted by Gasteiger charge is 2.44. The predicted octanol–water partition coefficient (Wildman–Crippen LogP) is -2.36. The SMILES string of the molecule is CC(=O)N[C@@H](Cc1c[nH]c2ccccc12)C(=O)N[C@@H](C)C(=O)NC(C)(C)C(=O)NC(C)(C)C(=O)N[C@@H](CC(C)C)C(=O)NC(C)(C)C(=O)N[C@@H](CCC(N)=O)C(=O)NC(C)(C)C(=O)NC(C)(C)C(=O)N[C@@H](C)C(=O)N[C@@H](CCC(N)=O)C(=O)N[C@@H](CC(C)C)C(=O)NC(C)(C)C(=O)N[C@@H](CCC(N)=O)C(=O)N[C@H](C=O)CC(C)C. The Kier molecular flexibility index (Phi) is 37.0. The van der Waals surface area contributed by atoms with Gasteiger partial charge in [-0.1, -0.05) is 59.7 Å². The van der Waals surface area contributed by atoms with E-state index in [9.17, 15) is 91.1 Å². The van der Waals surface area contributed by atoms with Gasteiger partial charge in [0.05, 0.1) is 6.04 Å². The molecule has 0 unspecified atom stereocenters. The number of hydrogen-bond donors (Lipinski definition) is 19. The maximum atomic E-state index is 14.2. The van der Waals surface area contributed by atoms with E-state index in [-0.39, 0.29) is 56.3 Å². The summed E-state index contributed by atoms with van der Waals surface area (Å²) in [5.74, 6) is -16.3. The maximum absolute atomic E-state index is 14.2. The Bertz CT molecular complexity index is 3880. The van der Waals surface area contributed by atoms with Crippen LogP contribution in [0.4, 0.5) is 0 Å². The van der Waals surface area contributed by atoms with Gasteiger partial charge in [0.25, 0.3) is 0 Å². The Morgan fingerprint density at radius 2 is 0.684 bits per heavy atom. The van der Waals surface area contributed by atoms with Crippen LogP contribution < -0.4 is 97.0 Å². The van der Waals surface area contributed by atoms with Crippen molar-refractivity contribution in [2.75, 3.05) is 0 Å². The topological polar surface area (TPSA) is 599 Å². The first-order valence-corrected chi connectivity index (χ1v) is 37.8. The van der Waals surface area contributed by atoms with Crippen molar-refractivity contribution >= 4 is 124 Å². The minimum atomic E-state index is -1.94. The highest BCUT2D eigenvalue weighted by atomic mass is 16.2. The lowest BCUT2D eigenvalue weighted by molar-refractivity contribution is -0.140. The van der Waals surface area contributed by atoms with Crippen molar-refractivity contribution in [3.63, 3.8) is 0 Å². The standard InChI is InChI=1S/C76H123N19O19/c1-38(2)32-45(37-96)84-59(103)49(27-30-55(78)99)87-66(110)71(10,11)92-63(107)51(33-39(3)4)86-60(104)48(26-29-54(77)98)85-57(101)41(7)82-65(109)73(14,15)94-70(114)76(20,21)91-62(106)50(28-31-56(79)100)88-67(111)72(12,13)93-64(108)52(34-40(5)6)89-68(112)74(16,17)95-69(113)75(18,19)90-58(102)42(8)81-61(105)53(83-43(9)97)35-44-36-80-47-25-23-22-24-46(44)47/h22-25,36-42,45,48-53,80H,26-35H2,1-21H3,(H2,77,98)(H2,78,99)(H2,79,100)(H,81,105)(H,82,109)(H,83,97)(H,84,103)(H,85,101)(H,86,104)(H,87,110)(H,88,111)(H,89,112)(H,90,102)(H,91,106)(H,92,107)(H,93,108)(H,94,114)(H,95,113)/t41-,42-,45-,48-,49-,50-,51-,52-,53-/m0/s1. The van der Waals surface area contributed by atoms with Crippen LogP contribution in [0.25, 0.3) is 10.9 Å². The summed E-state index contributed by atoms with van der Waals surface area (Å²) in [6.07, 6.45) is 0.159. The number of benzene rings is 1. The third-order valence-corrected chi connectivity index (χ3v) is 18.1. The van der Waals surface area contributed by atoms with Crippen LogP contribution in [0.3, 0.4) is 0 Å². The number of carbonyl (C=O) groups excluding carboxylic acids is 19. The third-order valence-electron chi connectivity index (χ3n) is 18.1. The summed E-state index contributed by atoms with van der Waals surface area (Å²) >= 11 is 0. The van der Waals surface area contributed by atoms with Crippen LogP contribution in [0.15, 0.2) is 30.5 Å². The summed E-state index contributed by atoms with van der Waals surface area (Å²) in [5, 5.41) is 38.9. The number of H-pyrrole nitrogens is 1. The van der Waals surface area contributed by atoms with Gasteiger partial charge in [0, 0.05) is 49.7 Å². The minimum absolute atomic E-state index is 0.000640. The molecule has 2 aromatic rings. The fraction of sp³-hybridized carbons (Fsp3) is 0.645. The number of carbonyl (C=O) groups is 19. The number of nitrogens with one attached hydrogen (secondary N) is 16. The number of aldehydes is 1. The number of nitrogens with two attached hydrogens (primary N) is 3. The molecule has 0 saturated heterocycles. The molecule has 114 heavy (non-hydrogen) atoms. The van der Waals surface area contributed by atoms with Crippen LogP contribution in [0, 0.1) is 17.8 Å². The molecule has 18 amide bonds. The van der Waals surface area contributed by atoms with E-state index in [1.165, 1.54) is 104 Å². The second-order valence-corrected chi connectivity index (χ2v) is 33.2. The van der Waals surface area contributed by atoms with Crippen molar-refractivity contribution in [3.8, 4) is 0 Å². The lowest BCUT2D eigenvalue weighted by Gasteiger charge is -2.35. The van der Waals surface area contributed by atoms with E-state index in [4.69, 9.17) is 17.2 Å². The molecular weight excluding hydrogens is 1480 g/mol. The average molecular weight is 1610 g/mol. The molecule has 9 atom stereocenters. The normalized spacial score (nSPS) is 14.4. The summed E-state index contributed by atoms with van der Waals surface area (Å²) in [6, 6.07) is -4.72. The molecule has 22 N–H and O–H groups in total. The second-order valence-electron chi connectivity index (χ2n) is 33.2. The maximum Gasteiger partial charge on any atom is 0.246 e. The Labute approximate surface area is 664 Å². The smallest absolute Gasteiger partial charge is 0.246 e. The number of amides is 18. The molecule has 0 aliphatic carbocycles. The zero-order chi connectivity index (χ0) is 87.7. The molecule has 2 rings (SSSR count). The summed E-state index contributed by atoms with van der Waals surface area (Å²) < 4.78 is 0. The van der Waals surface area contributed by atoms with Gasteiger partial charge < -0.3 is 107 Å². The third kappa shape index (κ3) is 32.5. The molecule has 38 nitrogen and oxygen atoms in total. The molecule has 1 aromatic heterocycles. The van der Waals surface area contributed by atoms with Crippen LogP contribution in [0.5, 0.6) is 0 Å². The van der Waals surface area contributed by atoms with Crippen molar-refractivity contribution in [3.05, 3.63) is 36.0 Å². The van der Waals surface area contributed by atoms with Crippen LogP contribution in [0.2, 0.25) is 0 Å². The molecule has 1 aromatic carbocycles. The number of aromatic nitrogens is 1. The van der Waals surface area contributed by atoms with Crippen molar-refractivity contribution < 1.29 is 91.1 Å². The highest BCUT2D eigenvalue weighted by molar-refractivity contribution is 6.03. The molecule has 38 heteroatoms. The van der Waals surface area contributed by atoms with E-state index in [1.807, 2.05) is 38.1 Å². The van der Waals surface area contributed by atoms with E-state index in [0.717, 1.165) is 16.5 Å². The minimum Gasteiger partial charge on any atom is -0.370 e. The van der Waals surface area contributed by atoms with Gasteiger partial charge in [-0.25, -0.2) is 0 Å². The molecule has 1 heterocycles. The summed E-state index contributed by atoms with van der Waals surface area (Å²) in [4.78, 5) is 258. The van der Waals surface area contributed by atoms with Crippen molar-refractivity contribution in [1.29, 1.82) is 0 Å². The van der Waals surface area contributed by atoms with Gasteiger partial charge in [-0.15, -0.1) is 0 Å². The predicted molar refractivity (Wildman–Crippen MR) is 419 cm³/mol. The largest absolute Gasteiger partial charge is 0.370 e. The summed E-state index contributed by atoms with van der Waals surface area (Å²) in [5.41, 5.74) is 6.71. The van der Waals surface area contributed by atoms with Gasteiger partial charge in [0.2, 0.25) is 106 Å². The van der Waals surface area contributed by atoms with Crippen molar-refractivity contribution in [2.24, 2.45) is 35.0 Å². The molecule has 0 radical (unpaired) electrons. The Morgan fingerprint density at radius 3 is 1.10 bits per heavy atom. The lowest BCUT2D eigenvalue weighted by Crippen LogP contribution is -2.67. The van der Waals surface area contributed by atoms with E-state index < -0.39 is 220 Å². The highest BCUT2D eigenvalue weighted by Crippen LogP contribution is 2.21. The number of primary amides is 3. The van der Waals surface area contributed by atoms with Gasteiger partial charge in [-0.3, -0.25) is 86.3 Å². The molecule has 0 aliphatic heterocycles. The van der Waals surface area contributed by atoms with Crippen LogP contribution in [0.1, 0.15) is 209 Å². The number of hydrogen-bond acceptors (Lipinski definition) is 19. The Hall–Kier alpha value is -11.1. The van der Waals surface area contributed by atoms with Crippen LogP contribution in [-0.2, 0) is 97.5 Å². The number of fused-ring (bicyclic) bond motifs is 1. The fourth-order valence-electron chi connectivity index (χ4n) is 11.2. The van der Waals surface area contributed by atoms with Gasteiger partial charge in [-0.05, 0) is 165 Å². The zero-order valence-electron chi connectivity index (χ0n) is 69.5. The van der Waals surface area contributed by atoms with Gasteiger partial charge in [0.1, 0.15) is 87.9 Å². The van der Waals surface area contributed by atoms with Gasteiger partial charge in [0.15, 0.2) is 0 Å². The van der Waals surface area contributed by atoms with Crippen molar-refractivity contribution in [2.45, 2.75) is 297 Å². The van der Waals surface area contributed by atoms with Crippen molar-refractivity contribution in [1.82, 2.24) is 84.7 Å². The first-order valence-electron chi connectivity index (χ1n) is 37.8. The van der Waals surface area contributed by atoms with E-state index in [0.29, 0.717) is 6.29 Å². The molecule has 0 fully saturated rings. The zero-order valence-corrected chi connectivity index (χ0v) is 69.5. The lowest BCUT2D eigenvalue weighted by atomic mass is 9.96. The molecule has 636 valence electrons. The molecular formula is C76H123N19O19. The van der Waals surface area contributed by atoms with E-state index in [2.05, 4.69) is 84.7 Å².